The number of nitrogen functional groups attached to an aromatic ring is 1. The first-order valence-corrected chi connectivity index (χ1v) is 13.8. The zero-order valence-electron chi connectivity index (χ0n) is 23.8. The lowest BCUT2D eigenvalue weighted by Crippen LogP contribution is -2.52. The largest absolute Gasteiger partial charge is 0.497 e. The Morgan fingerprint density at radius 3 is 2.71 bits per heavy atom. The summed E-state index contributed by atoms with van der Waals surface area (Å²) < 4.78 is 23.5. The van der Waals surface area contributed by atoms with E-state index in [1.165, 1.54) is 10.9 Å². The summed E-state index contributed by atoms with van der Waals surface area (Å²) in [4.78, 5) is 24.2. The third-order valence-electron chi connectivity index (χ3n) is 7.07. The zero-order chi connectivity index (χ0) is 29.8. The molecule has 0 unspecified atom stereocenters. The molecule has 1 aliphatic rings. The highest BCUT2D eigenvalue weighted by Crippen LogP contribution is 2.31. The van der Waals surface area contributed by atoms with Gasteiger partial charge in [-0.2, -0.15) is 0 Å². The number of carbonyl (C=O) groups is 1. The molecule has 42 heavy (non-hydrogen) atoms. The first kappa shape index (κ1) is 29.1. The van der Waals surface area contributed by atoms with Crippen molar-refractivity contribution in [2.24, 2.45) is 0 Å². The Morgan fingerprint density at radius 1 is 1.19 bits per heavy atom. The highest BCUT2D eigenvalue weighted by atomic mass is 35.5. The molecule has 3 aromatic heterocycles. The molecule has 222 valence electrons. The summed E-state index contributed by atoms with van der Waals surface area (Å²) in [6, 6.07) is 8.48. The summed E-state index contributed by atoms with van der Waals surface area (Å²) in [5.74, 6) is 1.69. The van der Waals surface area contributed by atoms with Crippen molar-refractivity contribution in [1.82, 2.24) is 30.0 Å². The van der Waals surface area contributed by atoms with Crippen LogP contribution in [0.2, 0.25) is 5.15 Å². The number of aromatic nitrogens is 5. The van der Waals surface area contributed by atoms with Gasteiger partial charge in [0.1, 0.15) is 28.5 Å². The van der Waals surface area contributed by atoms with Crippen molar-refractivity contribution in [2.45, 2.75) is 45.1 Å². The Kier molecular flexibility index (Phi) is 8.78. The average Bonchev–Trinajstić information content (AvgIpc) is 3.40. The van der Waals surface area contributed by atoms with Gasteiger partial charge in [0.05, 0.1) is 56.6 Å². The molecule has 0 bridgehead atoms. The van der Waals surface area contributed by atoms with Crippen LogP contribution in [-0.4, -0.2) is 70.8 Å². The number of nitrogens with zero attached hydrogens (tertiary/aromatic N) is 6. The molecule has 14 heteroatoms. The number of anilines is 2. The van der Waals surface area contributed by atoms with E-state index < -0.39 is 0 Å². The van der Waals surface area contributed by atoms with Gasteiger partial charge >= 0.3 is 6.03 Å². The molecule has 0 spiro atoms. The van der Waals surface area contributed by atoms with Crippen molar-refractivity contribution in [2.75, 3.05) is 38.5 Å². The lowest BCUT2D eigenvalue weighted by atomic mass is 9.89. The quantitative estimate of drug-likeness (QED) is 0.243. The van der Waals surface area contributed by atoms with E-state index >= 15 is 0 Å². The Morgan fingerprint density at radius 2 is 2.02 bits per heavy atom. The van der Waals surface area contributed by atoms with E-state index in [-0.39, 0.29) is 29.9 Å². The summed E-state index contributed by atoms with van der Waals surface area (Å²) in [6.07, 6.45) is 2.83. The molecule has 0 saturated heterocycles. The Labute approximate surface area is 247 Å². The smallest absolute Gasteiger partial charge is 0.328 e. The second-order valence-electron chi connectivity index (χ2n) is 9.80. The number of fused-ring (bicyclic) bond motifs is 1. The number of ether oxygens (including phenoxy) is 4. The number of amides is 1. The van der Waals surface area contributed by atoms with Crippen LogP contribution in [0.5, 0.6) is 17.4 Å². The van der Waals surface area contributed by atoms with Crippen molar-refractivity contribution in [3.63, 3.8) is 0 Å². The number of benzene rings is 1. The average molecular weight is 597 g/mol. The minimum Gasteiger partial charge on any atom is -0.497 e. The van der Waals surface area contributed by atoms with Crippen molar-refractivity contribution >= 4 is 40.2 Å². The standard InChI is InChI=1S/C28H33ClN8O5/c1-5-41-27-19(30)10-17(34-35-27)14-42-22-9-8-20(22)32-28(38)37-15-31-25-21(12-24(29)33-26(25)37)36(2)13-16-6-7-18(39-3)11-23(16)40-4/h6-7,10-12,15,20,22H,5,8-9,13-14H2,1-4H3,(H2,30,34)(H,32,38)/t20-,22-/m1/s1. The van der Waals surface area contributed by atoms with Crippen LogP contribution in [0.4, 0.5) is 16.2 Å². The number of carbonyl (C=O) groups excluding carboxylic acids is 1. The van der Waals surface area contributed by atoms with E-state index in [4.69, 9.17) is 36.3 Å². The molecular formula is C28H33ClN8O5. The lowest BCUT2D eigenvalue weighted by Gasteiger charge is -2.36. The second-order valence-corrected chi connectivity index (χ2v) is 10.2. The number of nitrogens with two attached hydrogens (primary N) is 1. The van der Waals surface area contributed by atoms with E-state index in [2.05, 4.69) is 25.5 Å². The van der Waals surface area contributed by atoms with Crippen LogP contribution in [0, 0.1) is 0 Å². The Hall–Kier alpha value is -4.36. The van der Waals surface area contributed by atoms with Gasteiger partial charge in [-0.05, 0) is 38.0 Å². The van der Waals surface area contributed by atoms with Gasteiger partial charge in [0.25, 0.3) is 5.88 Å². The number of hydrogen-bond donors (Lipinski definition) is 2. The van der Waals surface area contributed by atoms with Crippen LogP contribution in [0.15, 0.2) is 36.7 Å². The third-order valence-corrected chi connectivity index (χ3v) is 7.26. The maximum Gasteiger partial charge on any atom is 0.328 e. The minimum atomic E-state index is -0.374. The number of imidazole rings is 1. The highest BCUT2D eigenvalue weighted by molar-refractivity contribution is 6.30. The van der Waals surface area contributed by atoms with E-state index in [1.807, 2.05) is 37.1 Å². The van der Waals surface area contributed by atoms with Crippen LogP contribution in [0.3, 0.4) is 0 Å². The topological polar surface area (TPSA) is 152 Å². The molecule has 1 fully saturated rings. The first-order chi connectivity index (χ1) is 20.3. The van der Waals surface area contributed by atoms with Crippen LogP contribution in [0.1, 0.15) is 31.0 Å². The number of methoxy groups -OCH3 is 2. The number of rotatable bonds is 11. The van der Waals surface area contributed by atoms with Crippen molar-refractivity contribution in [3.8, 4) is 17.4 Å². The van der Waals surface area contributed by atoms with Gasteiger partial charge in [0.2, 0.25) is 0 Å². The lowest BCUT2D eigenvalue weighted by molar-refractivity contribution is -0.0337. The molecule has 1 saturated carbocycles. The van der Waals surface area contributed by atoms with Crippen LogP contribution in [-0.2, 0) is 17.9 Å². The van der Waals surface area contributed by atoms with Crippen molar-refractivity contribution in [3.05, 3.63) is 53.1 Å². The van der Waals surface area contributed by atoms with E-state index in [1.54, 1.807) is 26.4 Å². The summed E-state index contributed by atoms with van der Waals surface area (Å²) in [5, 5.41) is 11.4. The molecule has 2 atom stereocenters. The molecule has 1 aliphatic carbocycles. The molecular weight excluding hydrogens is 564 g/mol. The van der Waals surface area contributed by atoms with Crippen LogP contribution in [0.25, 0.3) is 11.2 Å². The van der Waals surface area contributed by atoms with Crippen LogP contribution < -0.4 is 30.2 Å². The van der Waals surface area contributed by atoms with Gasteiger partial charge in [-0.3, -0.25) is 0 Å². The Balaban J connectivity index is 1.26. The summed E-state index contributed by atoms with van der Waals surface area (Å²) in [6.45, 7) is 3.00. The second kappa shape index (κ2) is 12.7. The molecule has 1 aromatic carbocycles. The molecule has 1 amide bonds. The molecule has 4 aromatic rings. The predicted molar refractivity (Wildman–Crippen MR) is 157 cm³/mol. The molecule has 3 heterocycles. The maximum atomic E-state index is 13.3. The normalized spacial score (nSPS) is 16.1. The van der Waals surface area contributed by atoms with E-state index in [9.17, 15) is 4.79 Å². The molecule has 0 radical (unpaired) electrons. The molecule has 3 N–H and O–H groups in total. The Bertz CT molecular complexity index is 1580. The van der Waals surface area contributed by atoms with Gasteiger partial charge < -0.3 is 34.9 Å². The number of hydrogen-bond acceptors (Lipinski definition) is 11. The number of halogens is 1. The third kappa shape index (κ3) is 6.11. The summed E-state index contributed by atoms with van der Waals surface area (Å²) in [7, 11) is 5.13. The monoisotopic (exact) mass is 596 g/mol. The first-order valence-electron chi connectivity index (χ1n) is 13.4. The molecule has 13 nitrogen and oxygen atoms in total. The van der Waals surface area contributed by atoms with Gasteiger partial charge in [-0.1, -0.05) is 11.6 Å². The van der Waals surface area contributed by atoms with Crippen molar-refractivity contribution < 1.29 is 23.7 Å². The van der Waals surface area contributed by atoms with Gasteiger partial charge in [0.15, 0.2) is 5.65 Å². The predicted octanol–water partition coefficient (Wildman–Crippen LogP) is 3.81. The van der Waals surface area contributed by atoms with Gasteiger partial charge in [-0.15, -0.1) is 10.2 Å². The van der Waals surface area contributed by atoms with Gasteiger partial charge in [0, 0.05) is 31.3 Å². The fourth-order valence-electron chi connectivity index (χ4n) is 4.72. The van der Waals surface area contributed by atoms with E-state index in [0.29, 0.717) is 53.1 Å². The summed E-state index contributed by atoms with van der Waals surface area (Å²) in [5.41, 5.74) is 9.50. The maximum absolute atomic E-state index is 13.3. The fraction of sp³-hybridized carbons (Fsp3) is 0.393. The minimum absolute atomic E-state index is 0.184. The number of nitrogens with one attached hydrogen (secondary N) is 1. The molecule has 5 rings (SSSR count). The van der Waals surface area contributed by atoms with E-state index in [0.717, 1.165) is 24.1 Å². The molecule has 0 aliphatic heterocycles. The fourth-order valence-corrected chi connectivity index (χ4v) is 4.90. The summed E-state index contributed by atoms with van der Waals surface area (Å²) >= 11 is 6.41. The highest BCUT2D eigenvalue weighted by Gasteiger charge is 2.34. The SMILES string of the molecule is CCOc1nnc(CO[C@@H]2CC[C@H]2NC(=O)n2cnc3c(N(C)Cc4ccc(OC)cc4OC)cc(Cl)nc32)cc1N. The number of pyridine rings is 1. The van der Waals surface area contributed by atoms with Gasteiger partial charge in [-0.25, -0.2) is 19.3 Å². The van der Waals surface area contributed by atoms with Crippen LogP contribution >= 0.6 is 11.6 Å². The van der Waals surface area contributed by atoms with Crippen molar-refractivity contribution in [1.29, 1.82) is 0 Å². The zero-order valence-corrected chi connectivity index (χ0v) is 24.6.